The average Bonchev–Trinajstić information content (AvgIpc) is 3.74. The van der Waals surface area contributed by atoms with E-state index in [1.807, 2.05) is 0 Å². The maximum atomic E-state index is 2.62. The molecule has 0 radical (unpaired) electrons. The summed E-state index contributed by atoms with van der Waals surface area (Å²) in [5.41, 5.74) is 24.0. The van der Waals surface area contributed by atoms with Gasteiger partial charge in [-0.05, 0) is 110 Å². The summed E-state index contributed by atoms with van der Waals surface area (Å²) in [7, 11) is 0. The van der Waals surface area contributed by atoms with Crippen LogP contribution in [-0.2, 0) is 10.8 Å². The standard InChI is InChI=1S/C68H56BN3/c1-67(2,3)48-37-39-59(54(41-48)47-27-14-9-15-28-47)71-61-35-20-17-32-56(61)69-57-33-18-21-36-62(57)72(66-51(45-23-10-7-11-24-45)30-22-31-52(66)46-25-12-8-13-26-46)64-44-50(43-63(71)65(64)69)70-58-34-19-16-29-53(58)55-42-49(68(4,5)6)38-40-60(55)70/h7-44H,1-6H3. The van der Waals surface area contributed by atoms with E-state index in [1.165, 1.54) is 99.8 Å². The Kier molecular flexibility index (Phi) is 10.1. The zero-order valence-corrected chi connectivity index (χ0v) is 41.9. The molecule has 72 heavy (non-hydrogen) atoms. The first kappa shape index (κ1) is 43.7. The van der Waals surface area contributed by atoms with E-state index in [1.54, 1.807) is 0 Å². The topological polar surface area (TPSA) is 11.4 Å². The Morgan fingerprint density at radius 2 is 0.806 bits per heavy atom. The van der Waals surface area contributed by atoms with Gasteiger partial charge in [-0.25, -0.2) is 0 Å². The molecule has 2 aliphatic rings. The minimum absolute atomic E-state index is 0.00815. The number of rotatable bonds is 6. The summed E-state index contributed by atoms with van der Waals surface area (Å²) in [6.07, 6.45) is 0. The van der Waals surface area contributed by atoms with Gasteiger partial charge in [-0.1, -0.05) is 217 Å². The molecule has 3 heterocycles. The van der Waals surface area contributed by atoms with Gasteiger partial charge in [-0.2, -0.15) is 0 Å². The van der Waals surface area contributed by atoms with Gasteiger partial charge in [0.1, 0.15) is 0 Å². The first-order valence-electron chi connectivity index (χ1n) is 25.5. The molecule has 0 fully saturated rings. The van der Waals surface area contributed by atoms with Crippen molar-refractivity contribution in [2.24, 2.45) is 0 Å². The number of benzene rings is 10. The number of hydrogen-bond donors (Lipinski definition) is 0. The first-order valence-corrected chi connectivity index (χ1v) is 25.5. The quantitative estimate of drug-likeness (QED) is 0.154. The van der Waals surface area contributed by atoms with Gasteiger partial charge in [0.15, 0.2) is 0 Å². The second-order valence-corrected chi connectivity index (χ2v) is 21.7. The first-order chi connectivity index (χ1) is 35.0. The van der Waals surface area contributed by atoms with Crippen LogP contribution in [0, 0.1) is 0 Å². The smallest absolute Gasteiger partial charge is 0.252 e. The molecule has 346 valence electrons. The summed E-state index contributed by atoms with van der Waals surface area (Å²) in [5.74, 6) is 0. The second-order valence-electron chi connectivity index (χ2n) is 21.7. The molecule has 0 atom stereocenters. The van der Waals surface area contributed by atoms with E-state index >= 15 is 0 Å². The molecule has 0 saturated heterocycles. The Labute approximate surface area is 424 Å². The van der Waals surface area contributed by atoms with Crippen LogP contribution in [-0.4, -0.2) is 11.3 Å². The summed E-state index contributed by atoms with van der Waals surface area (Å²) in [6, 6.07) is 86.4. The molecule has 0 spiro atoms. The van der Waals surface area contributed by atoms with Crippen LogP contribution in [0.15, 0.2) is 231 Å². The normalized spacial score (nSPS) is 13.1. The van der Waals surface area contributed by atoms with Crippen LogP contribution in [0.25, 0.3) is 60.9 Å². The van der Waals surface area contributed by atoms with Crippen molar-refractivity contribution < 1.29 is 0 Å². The molecule has 4 heteroatoms. The molecule has 0 amide bonds. The van der Waals surface area contributed by atoms with Gasteiger partial charge >= 0.3 is 0 Å². The number of aromatic nitrogens is 1. The summed E-state index contributed by atoms with van der Waals surface area (Å²) in [4.78, 5) is 5.22. The van der Waals surface area contributed by atoms with Crippen LogP contribution in [0.3, 0.4) is 0 Å². The summed E-state index contributed by atoms with van der Waals surface area (Å²) in [6.45, 7) is 13.8. The fourth-order valence-electron chi connectivity index (χ4n) is 11.8. The van der Waals surface area contributed by atoms with Gasteiger partial charge in [0.2, 0.25) is 0 Å². The number of hydrogen-bond acceptors (Lipinski definition) is 2. The van der Waals surface area contributed by atoms with Crippen LogP contribution in [0.4, 0.5) is 34.1 Å². The molecule has 10 aromatic carbocycles. The predicted octanol–water partition coefficient (Wildman–Crippen LogP) is 16.5. The predicted molar refractivity (Wildman–Crippen MR) is 309 cm³/mol. The molecule has 11 aromatic rings. The Morgan fingerprint density at radius 3 is 1.40 bits per heavy atom. The van der Waals surface area contributed by atoms with Crippen molar-refractivity contribution in [2.45, 2.75) is 52.4 Å². The van der Waals surface area contributed by atoms with E-state index in [4.69, 9.17) is 0 Å². The largest absolute Gasteiger partial charge is 0.311 e. The van der Waals surface area contributed by atoms with Gasteiger partial charge in [-0.3, -0.25) is 0 Å². The Hall–Kier alpha value is -8.34. The van der Waals surface area contributed by atoms with Gasteiger partial charge in [0, 0.05) is 50.2 Å². The third-order valence-electron chi connectivity index (χ3n) is 15.3. The summed E-state index contributed by atoms with van der Waals surface area (Å²) in [5, 5.41) is 2.51. The van der Waals surface area contributed by atoms with Crippen molar-refractivity contribution in [3.05, 3.63) is 242 Å². The van der Waals surface area contributed by atoms with Gasteiger partial charge in [-0.15, -0.1) is 0 Å². The molecule has 0 N–H and O–H groups in total. The monoisotopic (exact) mass is 925 g/mol. The van der Waals surface area contributed by atoms with E-state index in [9.17, 15) is 0 Å². The maximum Gasteiger partial charge on any atom is 0.252 e. The van der Waals surface area contributed by atoms with Gasteiger partial charge < -0.3 is 14.4 Å². The highest BCUT2D eigenvalue weighted by Crippen LogP contribution is 2.52. The van der Waals surface area contributed by atoms with Crippen LogP contribution < -0.4 is 26.2 Å². The third kappa shape index (κ3) is 6.95. The van der Waals surface area contributed by atoms with Crippen LogP contribution >= 0.6 is 0 Å². The van der Waals surface area contributed by atoms with E-state index in [-0.39, 0.29) is 17.5 Å². The lowest BCUT2D eigenvalue weighted by Gasteiger charge is -2.45. The van der Waals surface area contributed by atoms with Gasteiger partial charge in [0.25, 0.3) is 6.71 Å². The van der Waals surface area contributed by atoms with E-state index in [2.05, 4.69) is 286 Å². The Balaban J connectivity index is 1.20. The molecule has 2 aliphatic heterocycles. The minimum Gasteiger partial charge on any atom is -0.311 e. The number of fused-ring (bicyclic) bond motifs is 7. The zero-order chi connectivity index (χ0) is 48.9. The van der Waals surface area contributed by atoms with Crippen LogP contribution in [0.5, 0.6) is 0 Å². The van der Waals surface area contributed by atoms with E-state index < -0.39 is 0 Å². The molecule has 13 rings (SSSR count). The van der Waals surface area contributed by atoms with E-state index in [0.717, 1.165) is 22.7 Å². The molecule has 0 saturated carbocycles. The van der Waals surface area contributed by atoms with E-state index in [0.29, 0.717) is 0 Å². The molecule has 1 aromatic heterocycles. The highest BCUT2D eigenvalue weighted by molar-refractivity contribution is 7.00. The van der Waals surface area contributed by atoms with Crippen molar-refractivity contribution in [3.8, 4) is 39.1 Å². The van der Waals surface area contributed by atoms with Crippen molar-refractivity contribution in [3.63, 3.8) is 0 Å². The molecule has 0 aliphatic carbocycles. The summed E-state index contributed by atoms with van der Waals surface area (Å²) >= 11 is 0. The van der Waals surface area contributed by atoms with Crippen molar-refractivity contribution in [2.75, 3.05) is 9.80 Å². The van der Waals surface area contributed by atoms with Crippen molar-refractivity contribution in [1.82, 2.24) is 4.57 Å². The highest BCUT2D eigenvalue weighted by atomic mass is 15.2. The molecular weight excluding hydrogens is 870 g/mol. The fourth-order valence-corrected chi connectivity index (χ4v) is 11.8. The molecular formula is C68H56BN3. The minimum atomic E-state index is -0.0533. The van der Waals surface area contributed by atoms with Crippen molar-refractivity contribution in [1.29, 1.82) is 0 Å². The lowest BCUT2D eigenvalue weighted by atomic mass is 9.33. The number of nitrogens with zero attached hydrogens (tertiary/aromatic N) is 3. The number of anilines is 6. The Bertz CT molecular complexity index is 3840. The third-order valence-corrected chi connectivity index (χ3v) is 15.3. The number of para-hydroxylation sites is 4. The summed E-state index contributed by atoms with van der Waals surface area (Å²) < 4.78 is 2.53. The zero-order valence-electron chi connectivity index (χ0n) is 41.9. The average molecular weight is 926 g/mol. The molecule has 0 unspecified atom stereocenters. The van der Waals surface area contributed by atoms with Crippen LogP contribution in [0.1, 0.15) is 52.7 Å². The lowest BCUT2D eigenvalue weighted by Crippen LogP contribution is -2.61. The van der Waals surface area contributed by atoms with Gasteiger partial charge in [0.05, 0.1) is 28.1 Å². The van der Waals surface area contributed by atoms with Crippen molar-refractivity contribution >= 4 is 79.0 Å². The second kappa shape index (κ2) is 16.6. The molecule has 3 nitrogen and oxygen atoms in total. The maximum absolute atomic E-state index is 2.62. The fraction of sp³-hybridized carbons (Fsp3) is 0.118. The molecule has 0 bridgehead atoms. The lowest BCUT2D eigenvalue weighted by molar-refractivity contribution is 0.590. The highest BCUT2D eigenvalue weighted by Gasteiger charge is 2.45. The van der Waals surface area contributed by atoms with Crippen LogP contribution in [0.2, 0.25) is 0 Å². The Morgan fingerprint density at radius 1 is 0.333 bits per heavy atom. The SMILES string of the molecule is CC(C)(C)c1ccc(N2c3ccccc3B3c4ccccc4N(c4c(-c5ccccc5)cccc4-c4ccccc4)c4cc(-n5c6ccccc6c6cc(C(C)(C)C)ccc65)cc2c43)c(-c2ccccc2)c1.